The SMILES string of the molecule is c1ccc(N(c2ccccc2)c2cccc3c2oc2ccc(-c4cccc5c4oc4cccc(-c6cccc7sc8ccccc8c67)c45)cc23)cc1. The molecule has 0 unspecified atom stereocenters. The van der Waals surface area contributed by atoms with E-state index in [1.807, 2.05) is 23.5 Å². The van der Waals surface area contributed by atoms with E-state index >= 15 is 0 Å². The van der Waals surface area contributed by atoms with Crippen LogP contribution in [0.15, 0.2) is 185 Å². The summed E-state index contributed by atoms with van der Waals surface area (Å²) in [6.07, 6.45) is 0. The minimum atomic E-state index is 0.849. The summed E-state index contributed by atoms with van der Waals surface area (Å²) in [5, 5.41) is 6.99. The number of anilines is 3. The van der Waals surface area contributed by atoms with Crippen LogP contribution in [0.4, 0.5) is 17.1 Å². The van der Waals surface area contributed by atoms with E-state index in [4.69, 9.17) is 8.83 Å². The summed E-state index contributed by atoms with van der Waals surface area (Å²) >= 11 is 1.85. The third-order valence-electron chi connectivity index (χ3n) is 10.3. The van der Waals surface area contributed by atoms with Gasteiger partial charge in [-0.1, -0.05) is 115 Å². The van der Waals surface area contributed by atoms with E-state index in [0.717, 1.165) is 72.1 Å². The normalized spacial score (nSPS) is 11.8. The van der Waals surface area contributed by atoms with Crippen molar-refractivity contribution < 1.29 is 8.83 Å². The fourth-order valence-electron chi connectivity index (χ4n) is 8.01. The predicted molar refractivity (Wildman–Crippen MR) is 219 cm³/mol. The van der Waals surface area contributed by atoms with Crippen LogP contribution < -0.4 is 4.90 Å². The topological polar surface area (TPSA) is 29.5 Å². The number of rotatable bonds is 5. The number of fused-ring (bicyclic) bond motifs is 9. The minimum Gasteiger partial charge on any atom is -0.455 e. The summed E-state index contributed by atoms with van der Waals surface area (Å²) in [6, 6.07) is 62.2. The average Bonchev–Trinajstić information content (AvgIpc) is 3.90. The van der Waals surface area contributed by atoms with Crippen LogP contribution in [0.25, 0.3) is 86.3 Å². The number of hydrogen-bond acceptors (Lipinski definition) is 4. The first-order chi connectivity index (χ1) is 25.8. The Morgan fingerprint density at radius 1 is 0.385 bits per heavy atom. The fraction of sp³-hybridized carbons (Fsp3) is 0. The van der Waals surface area contributed by atoms with Gasteiger partial charge >= 0.3 is 0 Å². The van der Waals surface area contributed by atoms with Gasteiger partial charge in [-0.2, -0.15) is 0 Å². The molecule has 3 nitrogen and oxygen atoms in total. The Labute approximate surface area is 303 Å². The zero-order chi connectivity index (χ0) is 34.2. The summed E-state index contributed by atoms with van der Waals surface area (Å²) in [5.41, 5.74) is 11.2. The van der Waals surface area contributed by atoms with Gasteiger partial charge in [0.2, 0.25) is 0 Å². The van der Waals surface area contributed by atoms with Gasteiger partial charge in [0.15, 0.2) is 5.58 Å². The van der Waals surface area contributed by atoms with E-state index in [9.17, 15) is 0 Å². The number of nitrogens with zero attached hydrogens (tertiary/aromatic N) is 1. The van der Waals surface area contributed by atoms with Gasteiger partial charge in [-0.15, -0.1) is 11.3 Å². The lowest BCUT2D eigenvalue weighted by molar-refractivity contribution is 0.668. The molecule has 3 aromatic heterocycles. The van der Waals surface area contributed by atoms with Crippen molar-refractivity contribution in [3.8, 4) is 22.3 Å². The second-order valence-corrected chi connectivity index (χ2v) is 14.3. The molecule has 4 heteroatoms. The third kappa shape index (κ3) is 4.38. The third-order valence-corrected chi connectivity index (χ3v) is 11.4. The monoisotopic (exact) mass is 683 g/mol. The van der Waals surface area contributed by atoms with Crippen molar-refractivity contribution in [3.05, 3.63) is 176 Å². The van der Waals surface area contributed by atoms with Crippen LogP contribution in [-0.2, 0) is 0 Å². The average molecular weight is 684 g/mol. The van der Waals surface area contributed by atoms with Crippen molar-refractivity contribution >= 4 is 92.4 Å². The first-order valence-electron chi connectivity index (χ1n) is 17.5. The van der Waals surface area contributed by atoms with E-state index in [0.29, 0.717) is 0 Å². The summed E-state index contributed by atoms with van der Waals surface area (Å²) in [5.74, 6) is 0. The molecule has 52 heavy (non-hydrogen) atoms. The van der Waals surface area contributed by atoms with Crippen LogP contribution in [0.1, 0.15) is 0 Å². The van der Waals surface area contributed by atoms with Crippen LogP contribution in [0, 0.1) is 0 Å². The highest BCUT2D eigenvalue weighted by Gasteiger charge is 2.21. The molecule has 0 fully saturated rings. The molecule has 3 heterocycles. The molecule has 0 N–H and O–H groups in total. The smallest absolute Gasteiger partial charge is 0.159 e. The molecule has 0 atom stereocenters. The molecule has 0 spiro atoms. The second-order valence-electron chi connectivity index (χ2n) is 13.2. The van der Waals surface area contributed by atoms with Gasteiger partial charge in [0.25, 0.3) is 0 Å². The molecule has 0 aliphatic carbocycles. The maximum atomic E-state index is 6.78. The molecule has 11 aromatic rings. The molecular weight excluding hydrogens is 655 g/mol. The molecule has 8 aromatic carbocycles. The number of para-hydroxylation sites is 4. The van der Waals surface area contributed by atoms with Gasteiger partial charge in [0.05, 0.1) is 5.69 Å². The van der Waals surface area contributed by atoms with Crippen LogP contribution in [0.2, 0.25) is 0 Å². The number of thiophene rings is 1. The standard InChI is InChI=1S/C48H29NO2S/c1-3-13-31(14-4-1)49(32-15-5-2-6-16-32)40-23-10-21-36-39-29-30(27-28-41(39)50-48(36)40)33-18-9-22-38-45-34(19-11-24-42(45)51-47(33)38)35-20-12-26-44-46(35)37-17-7-8-25-43(37)52-44/h1-29H. The van der Waals surface area contributed by atoms with E-state index in [1.54, 1.807) is 0 Å². The molecule has 0 aliphatic heterocycles. The quantitative estimate of drug-likeness (QED) is 0.181. The summed E-state index contributed by atoms with van der Waals surface area (Å²) in [4.78, 5) is 2.26. The minimum absolute atomic E-state index is 0.849. The van der Waals surface area contributed by atoms with E-state index in [-0.39, 0.29) is 0 Å². The largest absolute Gasteiger partial charge is 0.455 e. The number of hydrogen-bond donors (Lipinski definition) is 0. The molecule has 0 saturated carbocycles. The molecule has 0 amide bonds. The molecule has 0 saturated heterocycles. The molecule has 0 radical (unpaired) electrons. The Balaban J connectivity index is 1.09. The molecule has 0 bridgehead atoms. The van der Waals surface area contributed by atoms with Crippen LogP contribution in [-0.4, -0.2) is 0 Å². The highest BCUT2D eigenvalue weighted by Crippen LogP contribution is 2.47. The van der Waals surface area contributed by atoms with Gasteiger partial charge in [-0.25, -0.2) is 0 Å². The van der Waals surface area contributed by atoms with Crippen molar-refractivity contribution in [2.75, 3.05) is 4.90 Å². The lowest BCUT2D eigenvalue weighted by Crippen LogP contribution is -2.09. The number of furan rings is 2. The molecule has 11 rings (SSSR count). The van der Waals surface area contributed by atoms with Crippen LogP contribution in [0.3, 0.4) is 0 Å². The zero-order valence-corrected chi connectivity index (χ0v) is 28.7. The Bertz CT molecular complexity index is 3090. The van der Waals surface area contributed by atoms with Crippen molar-refractivity contribution in [2.45, 2.75) is 0 Å². The second kappa shape index (κ2) is 11.5. The first kappa shape index (κ1) is 29.1. The Hall–Kier alpha value is -6.62. The maximum Gasteiger partial charge on any atom is 0.159 e. The van der Waals surface area contributed by atoms with Crippen LogP contribution >= 0.6 is 11.3 Å². The molecular formula is C48H29NO2S. The summed E-state index contributed by atoms with van der Waals surface area (Å²) in [7, 11) is 0. The maximum absolute atomic E-state index is 6.78. The Morgan fingerprint density at radius 2 is 1.00 bits per heavy atom. The van der Waals surface area contributed by atoms with Gasteiger partial charge in [0.1, 0.15) is 16.7 Å². The highest BCUT2D eigenvalue weighted by atomic mass is 32.1. The zero-order valence-electron chi connectivity index (χ0n) is 27.9. The summed E-state index contributed by atoms with van der Waals surface area (Å²) < 4.78 is 16.1. The lowest BCUT2D eigenvalue weighted by Gasteiger charge is -2.25. The van der Waals surface area contributed by atoms with Crippen molar-refractivity contribution in [1.29, 1.82) is 0 Å². The van der Waals surface area contributed by atoms with Gasteiger partial charge in [0, 0.05) is 58.7 Å². The van der Waals surface area contributed by atoms with E-state index in [2.05, 4.69) is 169 Å². The Kier molecular flexibility index (Phi) is 6.42. The predicted octanol–water partition coefficient (Wildman–Crippen LogP) is 14.7. The molecule has 0 aliphatic rings. The van der Waals surface area contributed by atoms with Crippen molar-refractivity contribution in [3.63, 3.8) is 0 Å². The van der Waals surface area contributed by atoms with Crippen LogP contribution in [0.5, 0.6) is 0 Å². The van der Waals surface area contributed by atoms with Gasteiger partial charge in [-0.05, 0) is 77.4 Å². The number of benzene rings is 8. The van der Waals surface area contributed by atoms with Crippen molar-refractivity contribution in [2.24, 2.45) is 0 Å². The van der Waals surface area contributed by atoms with E-state index in [1.165, 1.54) is 31.3 Å². The van der Waals surface area contributed by atoms with Crippen molar-refractivity contribution in [1.82, 2.24) is 0 Å². The fourth-order valence-corrected chi connectivity index (χ4v) is 9.14. The van der Waals surface area contributed by atoms with E-state index < -0.39 is 0 Å². The lowest BCUT2D eigenvalue weighted by atomic mass is 9.94. The van der Waals surface area contributed by atoms with Gasteiger partial charge in [-0.3, -0.25) is 0 Å². The highest BCUT2D eigenvalue weighted by molar-refractivity contribution is 7.25. The first-order valence-corrected chi connectivity index (χ1v) is 18.3. The summed E-state index contributed by atoms with van der Waals surface area (Å²) in [6.45, 7) is 0. The van der Waals surface area contributed by atoms with Gasteiger partial charge < -0.3 is 13.7 Å². The molecule has 244 valence electrons. The Morgan fingerprint density at radius 3 is 1.83 bits per heavy atom.